The molecule has 0 aromatic heterocycles. The topological polar surface area (TPSA) is 41.9 Å². The average molecular weight is 286 g/mol. The van der Waals surface area contributed by atoms with E-state index in [0.717, 1.165) is 17.7 Å². The fraction of sp³-hybridized carbons (Fsp3) is 0.529. The Morgan fingerprint density at radius 1 is 1.38 bits per heavy atom. The zero-order chi connectivity index (χ0) is 15.0. The highest BCUT2D eigenvalue weighted by atomic mass is 16.5. The summed E-state index contributed by atoms with van der Waals surface area (Å²) in [5.41, 5.74) is 2.04. The maximum absolute atomic E-state index is 12.3. The summed E-state index contributed by atoms with van der Waals surface area (Å²) in [6.07, 6.45) is 1.26. The Labute approximate surface area is 125 Å². The summed E-state index contributed by atoms with van der Waals surface area (Å²) >= 11 is 0. The van der Waals surface area contributed by atoms with Crippen molar-refractivity contribution in [1.82, 2.24) is 5.01 Å². The molecule has 21 heavy (non-hydrogen) atoms. The normalized spacial score (nSPS) is 27.2. The molecule has 0 aliphatic carbocycles. The predicted molar refractivity (Wildman–Crippen MR) is 81.9 cm³/mol. The molecule has 2 heterocycles. The van der Waals surface area contributed by atoms with Crippen LogP contribution in [0.3, 0.4) is 0 Å². The van der Waals surface area contributed by atoms with Crippen LogP contribution in [-0.4, -0.2) is 28.8 Å². The van der Waals surface area contributed by atoms with Crippen LogP contribution in [0.1, 0.15) is 45.2 Å². The van der Waals surface area contributed by atoms with Crippen LogP contribution in [0.4, 0.5) is 0 Å². The van der Waals surface area contributed by atoms with E-state index in [2.05, 4.69) is 31.1 Å². The minimum Gasteiger partial charge on any atom is -0.374 e. The van der Waals surface area contributed by atoms with Crippen LogP contribution < -0.4 is 0 Å². The van der Waals surface area contributed by atoms with Crippen LogP contribution in [0.25, 0.3) is 0 Å². The molecule has 1 saturated heterocycles. The number of fused-ring (bicyclic) bond motifs is 1. The molecule has 0 unspecified atom stereocenters. The highest BCUT2D eigenvalue weighted by Gasteiger charge is 2.45. The maximum atomic E-state index is 12.3. The van der Waals surface area contributed by atoms with Crippen LogP contribution in [0.2, 0.25) is 0 Å². The van der Waals surface area contributed by atoms with Crippen LogP contribution >= 0.6 is 0 Å². The van der Waals surface area contributed by atoms with Crippen molar-refractivity contribution in [2.24, 2.45) is 11.0 Å². The quantitative estimate of drug-likeness (QED) is 0.838. The number of amides is 1. The smallest absolute Gasteiger partial charge is 0.242 e. The third-order valence-corrected chi connectivity index (χ3v) is 4.27. The van der Waals surface area contributed by atoms with Gasteiger partial charge in [0.2, 0.25) is 5.91 Å². The lowest BCUT2D eigenvalue weighted by atomic mass is 9.83. The number of ether oxygens (including phenoxy) is 1. The summed E-state index contributed by atoms with van der Waals surface area (Å²) in [6, 6.07) is 10.1. The van der Waals surface area contributed by atoms with E-state index < -0.39 is 0 Å². The van der Waals surface area contributed by atoms with Gasteiger partial charge in [-0.05, 0) is 19.4 Å². The number of carbonyl (C=O) groups excluding carboxylic acids is 1. The summed E-state index contributed by atoms with van der Waals surface area (Å²) in [5.74, 6) is 0.250. The van der Waals surface area contributed by atoms with Gasteiger partial charge >= 0.3 is 0 Å². The van der Waals surface area contributed by atoms with E-state index in [1.165, 1.54) is 0 Å². The molecule has 0 bridgehead atoms. The molecule has 1 amide bonds. The van der Waals surface area contributed by atoms with Crippen molar-refractivity contribution in [2.75, 3.05) is 6.61 Å². The first-order valence-corrected chi connectivity index (χ1v) is 7.60. The zero-order valence-corrected chi connectivity index (χ0v) is 12.9. The van der Waals surface area contributed by atoms with Crippen molar-refractivity contribution in [2.45, 2.75) is 45.3 Å². The van der Waals surface area contributed by atoms with E-state index in [1.807, 2.05) is 25.1 Å². The van der Waals surface area contributed by atoms with Gasteiger partial charge in [-0.2, -0.15) is 5.10 Å². The summed E-state index contributed by atoms with van der Waals surface area (Å²) in [5, 5.41) is 6.34. The van der Waals surface area contributed by atoms with Crippen LogP contribution in [0.5, 0.6) is 0 Å². The van der Waals surface area contributed by atoms with Gasteiger partial charge in [0.05, 0.1) is 18.2 Å². The maximum Gasteiger partial charge on any atom is 0.242 e. The van der Waals surface area contributed by atoms with E-state index in [0.29, 0.717) is 13.0 Å². The van der Waals surface area contributed by atoms with Gasteiger partial charge in [-0.15, -0.1) is 0 Å². The fourth-order valence-corrected chi connectivity index (χ4v) is 3.18. The molecular weight excluding hydrogens is 264 g/mol. The van der Waals surface area contributed by atoms with E-state index in [4.69, 9.17) is 4.74 Å². The molecule has 1 fully saturated rings. The Bertz CT molecular complexity index is 565. The third kappa shape index (κ3) is 2.60. The van der Waals surface area contributed by atoms with Crippen molar-refractivity contribution >= 4 is 11.6 Å². The van der Waals surface area contributed by atoms with Crippen molar-refractivity contribution < 1.29 is 9.53 Å². The van der Waals surface area contributed by atoms with Gasteiger partial charge in [-0.1, -0.05) is 37.3 Å². The SMILES string of the molecule is CCC(=O)N1N=C2CC(C)(C)OC[C@@H]2[C@@H]1c1ccccc1. The summed E-state index contributed by atoms with van der Waals surface area (Å²) in [4.78, 5) is 12.3. The molecule has 0 spiro atoms. The van der Waals surface area contributed by atoms with Gasteiger partial charge in [0.1, 0.15) is 0 Å². The van der Waals surface area contributed by atoms with E-state index in [9.17, 15) is 4.79 Å². The Hall–Kier alpha value is -1.68. The molecular formula is C17H22N2O2. The number of hydrogen-bond donors (Lipinski definition) is 0. The number of hydrogen-bond acceptors (Lipinski definition) is 3. The molecule has 1 aromatic carbocycles. The number of rotatable bonds is 2. The van der Waals surface area contributed by atoms with Gasteiger partial charge < -0.3 is 4.74 Å². The highest BCUT2D eigenvalue weighted by Crippen LogP contribution is 2.41. The molecule has 0 saturated carbocycles. The third-order valence-electron chi connectivity index (χ3n) is 4.27. The molecule has 112 valence electrons. The van der Waals surface area contributed by atoms with E-state index in [-0.39, 0.29) is 23.5 Å². The van der Waals surface area contributed by atoms with Crippen LogP contribution in [-0.2, 0) is 9.53 Å². The molecule has 2 aliphatic rings. The van der Waals surface area contributed by atoms with Crippen molar-refractivity contribution in [3.63, 3.8) is 0 Å². The summed E-state index contributed by atoms with van der Waals surface area (Å²) < 4.78 is 5.97. The predicted octanol–water partition coefficient (Wildman–Crippen LogP) is 3.15. The molecule has 0 N–H and O–H groups in total. The fourth-order valence-electron chi connectivity index (χ4n) is 3.18. The molecule has 1 aromatic rings. The van der Waals surface area contributed by atoms with E-state index >= 15 is 0 Å². The molecule has 3 rings (SSSR count). The van der Waals surface area contributed by atoms with Gasteiger partial charge in [-0.25, -0.2) is 5.01 Å². The Morgan fingerprint density at radius 2 is 2.10 bits per heavy atom. The lowest BCUT2D eigenvalue weighted by Gasteiger charge is -2.35. The number of hydrazone groups is 1. The zero-order valence-electron chi connectivity index (χ0n) is 12.9. The second kappa shape index (κ2) is 5.26. The monoisotopic (exact) mass is 286 g/mol. The molecule has 0 radical (unpaired) electrons. The number of carbonyl (C=O) groups is 1. The standard InChI is InChI=1S/C17H22N2O2/c1-4-15(20)19-16(12-8-6-5-7-9-12)13-11-21-17(2,3)10-14(13)18-19/h5-9,13,16H,4,10-11H2,1-3H3/t13-,16-/m0/s1. The number of nitrogens with zero attached hydrogens (tertiary/aromatic N) is 2. The summed E-state index contributed by atoms with van der Waals surface area (Å²) in [6.45, 7) is 6.66. The first-order valence-electron chi connectivity index (χ1n) is 7.60. The van der Waals surface area contributed by atoms with Crippen LogP contribution in [0.15, 0.2) is 35.4 Å². The molecule has 2 atom stereocenters. The lowest BCUT2D eigenvalue weighted by Crippen LogP contribution is -2.41. The molecule has 4 heteroatoms. The van der Waals surface area contributed by atoms with Crippen LogP contribution in [0, 0.1) is 5.92 Å². The largest absolute Gasteiger partial charge is 0.374 e. The van der Waals surface area contributed by atoms with Crippen molar-refractivity contribution in [3.05, 3.63) is 35.9 Å². The van der Waals surface area contributed by atoms with Crippen molar-refractivity contribution in [1.29, 1.82) is 0 Å². The average Bonchev–Trinajstić information content (AvgIpc) is 2.84. The Morgan fingerprint density at radius 3 is 2.76 bits per heavy atom. The lowest BCUT2D eigenvalue weighted by molar-refractivity contribution is -0.133. The van der Waals surface area contributed by atoms with Gasteiger partial charge in [0, 0.05) is 24.5 Å². The first-order chi connectivity index (χ1) is 10.0. The second-order valence-electron chi connectivity index (χ2n) is 6.39. The molecule has 2 aliphatic heterocycles. The van der Waals surface area contributed by atoms with Gasteiger partial charge in [0.15, 0.2) is 0 Å². The minimum absolute atomic E-state index is 0.0234. The first kappa shape index (κ1) is 14.3. The van der Waals surface area contributed by atoms with Gasteiger partial charge in [0.25, 0.3) is 0 Å². The summed E-state index contributed by atoms with van der Waals surface area (Å²) in [7, 11) is 0. The Kier molecular flexibility index (Phi) is 3.57. The highest BCUT2D eigenvalue weighted by molar-refractivity contribution is 5.93. The van der Waals surface area contributed by atoms with Gasteiger partial charge in [-0.3, -0.25) is 4.79 Å². The minimum atomic E-state index is -0.193. The second-order valence-corrected chi connectivity index (χ2v) is 6.39. The number of benzene rings is 1. The molecule has 4 nitrogen and oxygen atoms in total. The van der Waals surface area contributed by atoms with E-state index in [1.54, 1.807) is 5.01 Å². The van der Waals surface area contributed by atoms with Crippen molar-refractivity contribution in [3.8, 4) is 0 Å². The Balaban J connectivity index is 1.97.